The van der Waals surface area contributed by atoms with Crippen LogP contribution in [0.15, 0.2) is 23.1 Å². The van der Waals surface area contributed by atoms with Crippen LogP contribution in [0, 0.1) is 13.8 Å². The lowest BCUT2D eigenvalue weighted by atomic mass is 10.2. The van der Waals surface area contributed by atoms with Crippen molar-refractivity contribution in [3.63, 3.8) is 0 Å². The van der Waals surface area contributed by atoms with Crippen molar-refractivity contribution in [3.05, 3.63) is 29.3 Å². The lowest BCUT2D eigenvalue weighted by Crippen LogP contribution is -2.31. The molecule has 1 unspecified atom stereocenters. The molecule has 0 bridgehead atoms. The maximum atomic E-state index is 12.4. The summed E-state index contributed by atoms with van der Waals surface area (Å²) in [6.45, 7) is 6.22. The van der Waals surface area contributed by atoms with E-state index in [1.165, 1.54) is 0 Å². The molecule has 1 rings (SSSR count). The summed E-state index contributed by atoms with van der Waals surface area (Å²) in [4.78, 5) is 0.463. The van der Waals surface area contributed by atoms with Crippen LogP contribution in [0.3, 0.4) is 0 Å². The Balaban J connectivity index is 3.20. The Labute approximate surface area is 104 Å². The molecule has 0 fully saturated rings. The van der Waals surface area contributed by atoms with Gasteiger partial charge in [0.2, 0.25) is 0 Å². The Kier molecular flexibility index (Phi) is 4.71. The van der Waals surface area contributed by atoms with Gasteiger partial charge in [-0.1, -0.05) is 24.6 Å². The molecule has 1 aromatic rings. The van der Waals surface area contributed by atoms with Crippen molar-refractivity contribution in [3.8, 4) is 0 Å². The molecule has 0 saturated carbocycles. The quantitative estimate of drug-likeness (QED) is 0.876. The van der Waals surface area contributed by atoms with Gasteiger partial charge in [-0.25, -0.2) is 8.42 Å². The Bertz CT molecular complexity index is 480. The number of aryl methyl sites for hydroxylation is 2. The number of benzene rings is 1. The lowest BCUT2D eigenvalue weighted by molar-refractivity contribution is 0.567. The molecule has 1 aromatic carbocycles. The first-order chi connectivity index (χ1) is 7.93. The fourth-order valence-corrected chi connectivity index (χ4v) is 3.95. The van der Waals surface area contributed by atoms with Crippen LogP contribution in [0.4, 0.5) is 0 Å². The van der Waals surface area contributed by atoms with E-state index in [9.17, 15) is 8.42 Å². The number of hydrogen-bond acceptors (Lipinski definition) is 3. The van der Waals surface area contributed by atoms with Gasteiger partial charge in [-0.2, -0.15) is 0 Å². The van der Waals surface area contributed by atoms with Crippen molar-refractivity contribution in [1.29, 1.82) is 0 Å². The largest absolute Gasteiger partial charge is 0.318 e. The maximum absolute atomic E-state index is 12.4. The van der Waals surface area contributed by atoms with Crippen LogP contribution >= 0.6 is 0 Å². The highest BCUT2D eigenvalue weighted by Gasteiger charge is 2.26. The molecule has 0 aliphatic heterocycles. The standard InChI is InChI=1S/C13H21NO2S/c1-5-12(9-14-4)17(15,16)13-7-6-10(2)8-11(13)3/h6-8,12,14H,5,9H2,1-4H3. The van der Waals surface area contributed by atoms with Gasteiger partial charge in [-0.05, 0) is 38.9 Å². The van der Waals surface area contributed by atoms with Gasteiger partial charge >= 0.3 is 0 Å². The van der Waals surface area contributed by atoms with E-state index in [4.69, 9.17) is 0 Å². The van der Waals surface area contributed by atoms with Gasteiger partial charge in [0.1, 0.15) is 0 Å². The molecule has 96 valence electrons. The van der Waals surface area contributed by atoms with E-state index in [0.717, 1.165) is 11.1 Å². The van der Waals surface area contributed by atoms with Crippen molar-refractivity contribution in [2.75, 3.05) is 13.6 Å². The fourth-order valence-electron chi connectivity index (χ4n) is 2.00. The number of rotatable bonds is 5. The van der Waals surface area contributed by atoms with Gasteiger partial charge in [0.15, 0.2) is 9.84 Å². The second-order valence-corrected chi connectivity index (χ2v) is 6.60. The maximum Gasteiger partial charge on any atom is 0.182 e. The van der Waals surface area contributed by atoms with Crippen LogP contribution in [0.1, 0.15) is 24.5 Å². The molecule has 0 aliphatic carbocycles. The Morgan fingerprint density at radius 1 is 1.29 bits per heavy atom. The third kappa shape index (κ3) is 3.07. The fraction of sp³-hybridized carbons (Fsp3) is 0.538. The van der Waals surface area contributed by atoms with Crippen LogP contribution in [0.2, 0.25) is 0 Å². The summed E-state index contributed by atoms with van der Waals surface area (Å²) < 4.78 is 24.9. The van der Waals surface area contributed by atoms with Crippen molar-refractivity contribution >= 4 is 9.84 Å². The molecular weight excluding hydrogens is 234 g/mol. The Morgan fingerprint density at radius 3 is 2.41 bits per heavy atom. The van der Waals surface area contributed by atoms with E-state index < -0.39 is 9.84 Å². The van der Waals surface area contributed by atoms with Gasteiger partial charge in [-0.3, -0.25) is 0 Å². The summed E-state index contributed by atoms with van der Waals surface area (Å²) in [5.41, 5.74) is 1.92. The predicted molar refractivity (Wildman–Crippen MR) is 71.1 cm³/mol. The van der Waals surface area contributed by atoms with E-state index in [1.54, 1.807) is 13.1 Å². The topological polar surface area (TPSA) is 46.2 Å². The summed E-state index contributed by atoms with van der Waals surface area (Å²) in [5, 5.41) is 2.59. The van der Waals surface area contributed by atoms with Crippen molar-refractivity contribution in [2.45, 2.75) is 37.3 Å². The summed E-state index contributed by atoms with van der Waals surface area (Å²) in [7, 11) is -1.45. The molecule has 0 aromatic heterocycles. The van der Waals surface area contributed by atoms with Gasteiger partial charge < -0.3 is 5.32 Å². The second kappa shape index (κ2) is 5.65. The number of sulfone groups is 1. The SMILES string of the molecule is CCC(CNC)S(=O)(=O)c1ccc(C)cc1C. The molecule has 1 N–H and O–H groups in total. The average Bonchev–Trinajstić information content (AvgIpc) is 2.24. The first-order valence-electron chi connectivity index (χ1n) is 5.89. The highest BCUT2D eigenvalue weighted by Crippen LogP contribution is 2.22. The van der Waals surface area contributed by atoms with Crippen LogP contribution < -0.4 is 5.32 Å². The number of nitrogens with one attached hydrogen (secondary N) is 1. The van der Waals surface area contributed by atoms with E-state index in [1.807, 2.05) is 32.9 Å². The van der Waals surface area contributed by atoms with E-state index in [0.29, 0.717) is 17.9 Å². The van der Waals surface area contributed by atoms with E-state index in [2.05, 4.69) is 5.32 Å². The van der Waals surface area contributed by atoms with Gasteiger partial charge in [0.05, 0.1) is 10.1 Å². The summed E-state index contributed by atoms with van der Waals surface area (Å²) in [5.74, 6) is 0. The van der Waals surface area contributed by atoms with Crippen LogP contribution in [-0.2, 0) is 9.84 Å². The smallest absolute Gasteiger partial charge is 0.182 e. The van der Waals surface area contributed by atoms with Crippen LogP contribution in [-0.4, -0.2) is 27.3 Å². The predicted octanol–water partition coefficient (Wildman–Crippen LogP) is 2.08. The first-order valence-corrected chi connectivity index (χ1v) is 7.43. The molecule has 0 heterocycles. The third-order valence-electron chi connectivity index (χ3n) is 2.96. The minimum Gasteiger partial charge on any atom is -0.318 e. The molecule has 17 heavy (non-hydrogen) atoms. The third-order valence-corrected chi connectivity index (χ3v) is 5.41. The summed E-state index contributed by atoms with van der Waals surface area (Å²) in [6, 6.07) is 5.49. The second-order valence-electron chi connectivity index (χ2n) is 4.40. The zero-order chi connectivity index (χ0) is 13.1. The molecule has 0 aliphatic rings. The summed E-state index contributed by atoms with van der Waals surface area (Å²) in [6.07, 6.45) is 0.622. The van der Waals surface area contributed by atoms with Crippen molar-refractivity contribution in [2.24, 2.45) is 0 Å². The lowest BCUT2D eigenvalue weighted by Gasteiger charge is -2.17. The van der Waals surface area contributed by atoms with E-state index in [-0.39, 0.29) is 5.25 Å². The molecule has 0 saturated heterocycles. The highest BCUT2D eigenvalue weighted by atomic mass is 32.2. The number of hydrogen-bond donors (Lipinski definition) is 1. The molecule has 4 heteroatoms. The summed E-state index contributed by atoms with van der Waals surface area (Å²) >= 11 is 0. The first kappa shape index (κ1) is 14.2. The molecule has 3 nitrogen and oxygen atoms in total. The van der Waals surface area contributed by atoms with Crippen molar-refractivity contribution < 1.29 is 8.42 Å². The zero-order valence-corrected chi connectivity index (χ0v) is 11.8. The van der Waals surface area contributed by atoms with Gasteiger partial charge in [0.25, 0.3) is 0 Å². The van der Waals surface area contributed by atoms with Crippen LogP contribution in [0.5, 0.6) is 0 Å². The molecule has 0 amide bonds. The van der Waals surface area contributed by atoms with Gasteiger partial charge in [0, 0.05) is 6.54 Å². The Hall–Kier alpha value is -0.870. The monoisotopic (exact) mass is 255 g/mol. The average molecular weight is 255 g/mol. The Morgan fingerprint density at radius 2 is 1.94 bits per heavy atom. The molecule has 1 atom stereocenters. The molecular formula is C13H21NO2S. The molecule has 0 spiro atoms. The van der Waals surface area contributed by atoms with Gasteiger partial charge in [-0.15, -0.1) is 0 Å². The minimum absolute atomic E-state index is 0.353. The minimum atomic E-state index is -3.22. The van der Waals surface area contributed by atoms with Crippen molar-refractivity contribution in [1.82, 2.24) is 5.32 Å². The highest BCUT2D eigenvalue weighted by molar-refractivity contribution is 7.92. The molecule has 0 radical (unpaired) electrons. The van der Waals surface area contributed by atoms with Crippen LogP contribution in [0.25, 0.3) is 0 Å². The normalized spacial score (nSPS) is 13.6. The van der Waals surface area contributed by atoms with E-state index >= 15 is 0 Å². The zero-order valence-electron chi connectivity index (χ0n) is 10.9.